The number of phenols is 1. The average Bonchev–Trinajstić information content (AvgIpc) is 3.27. The lowest BCUT2D eigenvalue weighted by molar-refractivity contribution is -0.123. The van der Waals surface area contributed by atoms with Crippen molar-refractivity contribution in [2.24, 2.45) is 5.18 Å². The molecule has 4 rings (SSSR count). The highest BCUT2D eigenvalue weighted by atomic mass is 35.5. The van der Waals surface area contributed by atoms with E-state index >= 15 is 0 Å². The highest BCUT2D eigenvalue weighted by molar-refractivity contribution is 7.99. The van der Waals surface area contributed by atoms with Crippen molar-refractivity contribution in [2.75, 3.05) is 31.1 Å². The molecule has 1 amide bonds. The van der Waals surface area contributed by atoms with E-state index in [0.29, 0.717) is 12.1 Å². The summed E-state index contributed by atoms with van der Waals surface area (Å²) in [6.45, 7) is 5.30. The van der Waals surface area contributed by atoms with Gasteiger partial charge in [0.25, 0.3) is 0 Å². The van der Waals surface area contributed by atoms with Crippen LogP contribution in [0.15, 0.2) is 41.6 Å². The summed E-state index contributed by atoms with van der Waals surface area (Å²) in [6, 6.07) is 9.77. The predicted molar refractivity (Wildman–Crippen MR) is 131 cm³/mol. The third kappa shape index (κ3) is 5.16. The number of aromatic hydroxyl groups is 1. The Morgan fingerprint density at radius 2 is 2.03 bits per heavy atom. The number of rotatable bonds is 7. The number of amides is 1. The molecule has 174 valence electrons. The number of nitrogens with zero attached hydrogens (tertiary/aromatic N) is 2. The van der Waals surface area contributed by atoms with E-state index in [9.17, 15) is 14.8 Å². The normalized spacial score (nSPS) is 18.8. The van der Waals surface area contributed by atoms with Gasteiger partial charge in [-0.05, 0) is 29.3 Å². The zero-order chi connectivity index (χ0) is 23.4. The molecule has 2 aliphatic heterocycles. The minimum atomic E-state index is -0.794. The molecule has 2 aliphatic rings. The van der Waals surface area contributed by atoms with Crippen LogP contribution in [0.4, 0.5) is 5.69 Å². The summed E-state index contributed by atoms with van der Waals surface area (Å²) in [7, 11) is 0. The SMILES string of the molecule is CCNC(=O)C1NOC(c2cc(Cl)c(O)cc2N=O)=C1c1ccc(CN2CCSCC2)cc1. The van der Waals surface area contributed by atoms with E-state index in [-0.39, 0.29) is 33.7 Å². The maximum atomic E-state index is 12.8. The maximum Gasteiger partial charge on any atom is 0.245 e. The van der Waals surface area contributed by atoms with E-state index in [2.05, 4.69) is 20.9 Å². The smallest absolute Gasteiger partial charge is 0.245 e. The van der Waals surface area contributed by atoms with Gasteiger partial charge in [-0.15, -0.1) is 10.4 Å². The summed E-state index contributed by atoms with van der Waals surface area (Å²) >= 11 is 8.08. The molecule has 2 aromatic carbocycles. The number of hydrogen-bond acceptors (Lipinski definition) is 8. The molecule has 10 heteroatoms. The fraction of sp³-hybridized carbons (Fsp3) is 0.348. The number of halogens is 1. The summed E-state index contributed by atoms with van der Waals surface area (Å²) in [6.07, 6.45) is 0. The number of hydrogen-bond donors (Lipinski definition) is 3. The highest BCUT2D eigenvalue weighted by Crippen LogP contribution is 2.42. The third-order valence-corrected chi connectivity index (χ3v) is 6.85. The number of carbonyl (C=O) groups excluding carboxylic acids is 1. The van der Waals surface area contributed by atoms with Crippen LogP contribution < -0.4 is 10.8 Å². The Kier molecular flexibility index (Phi) is 7.54. The van der Waals surface area contributed by atoms with Crippen LogP contribution in [0.5, 0.6) is 5.75 Å². The number of nitrogens with one attached hydrogen (secondary N) is 2. The first kappa shape index (κ1) is 23.6. The number of carbonyl (C=O) groups is 1. The number of phenolic OH excluding ortho intramolecular Hbond substituents is 1. The van der Waals surface area contributed by atoms with Crippen LogP contribution in [0.3, 0.4) is 0 Å². The molecule has 2 aromatic rings. The summed E-state index contributed by atoms with van der Waals surface area (Å²) < 4.78 is 0. The topological polar surface area (TPSA) is 103 Å². The van der Waals surface area contributed by atoms with E-state index in [1.165, 1.54) is 17.7 Å². The van der Waals surface area contributed by atoms with Gasteiger partial charge in [-0.1, -0.05) is 35.9 Å². The van der Waals surface area contributed by atoms with Gasteiger partial charge in [-0.3, -0.25) is 9.69 Å². The minimum absolute atomic E-state index is 0.0395. The molecule has 0 aromatic heterocycles. The van der Waals surface area contributed by atoms with Gasteiger partial charge in [0.2, 0.25) is 5.91 Å². The van der Waals surface area contributed by atoms with Gasteiger partial charge < -0.3 is 15.3 Å². The van der Waals surface area contributed by atoms with Crippen LogP contribution in [0, 0.1) is 4.91 Å². The monoisotopic (exact) mass is 488 g/mol. The number of nitroso groups, excluding NO2 is 1. The zero-order valence-electron chi connectivity index (χ0n) is 18.1. The van der Waals surface area contributed by atoms with Gasteiger partial charge in [0, 0.05) is 49.3 Å². The van der Waals surface area contributed by atoms with Crippen LogP contribution in [0.2, 0.25) is 5.02 Å². The summed E-state index contributed by atoms with van der Waals surface area (Å²) in [5.41, 5.74) is 5.52. The first-order chi connectivity index (χ1) is 16.0. The van der Waals surface area contributed by atoms with E-state index < -0.39 is 6.04 Å². The van der Waals surface area contributed by atoms with Crippen LogP contribution in [-0.2, 0) is 16.2 Å². The van der Waals surface area contributed by atoms with Gasteiger partial charge >= 0.3 is 0 Å². The molecular weight excluding hydrogens is 464 g/mol. The number of hydroxylamine groups is 1. The van der Waals surface area contributed by atoms with Crippen LogP contribution in [0.25, 0.3) is 11.3 Å². The second-order valence-corrected chi connectivity index (χ2v) is 9.42. The average molecular weight is 489 g/mol. The van der Waals surface area contributed by atoms with Gasteiger partial charge in [0.15, 0.2) is 11.8 Å². The zero-order valence-corrected chi connectivity index (χ0v) is 19.7. The van der Waals surface area contributed by atoms with Crippen LogP contribution in [0.1, 0.15) is 23.6 Å². The molecule has 8 nitrogen and oxygen atoms in total. The van der Waals surface area contributed by atoms with Crippen molar-refractivity contribution in [2.45, 2.75) is 19.5 Å². The lowest BCUT2D eigenvalue weighted by atomic mass is 9.93. The van der Waals surface area contributed by atoms with Gasteiger partial charge in [0.05, 0.1) is 10.6 Å². The molecule has 1 fully saturated rings. The van der Waals surface area contributed by atoms with E-state index in [1.807, 2.05) is 43.0 Å². The number of benzene rings is 2. The first-order valence-electron chi connectivity index (χ1n) is 10.7. The second kappa shape index (κ2) is 10.6. The molecule has 1 unspecified atom stereocenters. The summed E-state index contributed by atoms with van der Waals surface area (Å²) in [4.78, 5) is 32.3. The lowest BCUT2D eigenvalue weighted by Gasteiger charge is -2.26. The van der Waals surface area contributed by atoms with Crippen molar-refractivity contribution >= 4 is 46.3 Å². The lowest BCUT2D eigenvalue weighted by Crippen LogP contribution is -2.41. The molecule has 0 spiro atoms. The molecule has 0 radical (unpaired) electrons. The van der Waals surface area contributed by atoms with E-state index in [0.717, 1.165) is 36.7 Å². The fourth-order valence-electron chi connectivity index (χ4n) is 3.94. The molecular formula is C23H25ClN4O4S. The molecule has 0 aliphatic carbocycles. The van der Waals surface area contributed by atoms with Crippen molar-refractivity contribution < 1.29 is 14.7 Å². The largest absolute Gasteiger partial charge is 0.506 e. The van der Waals surface area contributed by atoms with Crippen molar-refractivity contribution in [3.05, 3.63) is 63.0 Å². The molecule has 33 heavy (non-hydrogen) atoms. The predicted octanol–water partition coefficient (Wildman–Crippen LogP) is 3.90. The third-order valence-electron chi connectivity index (χ3n) is 5.61. The Morgan fingerprint density at radius 1 is 1.30 bits per heavy atom. The summed E-state index contributed by atoms with van der Waals surface area (Å²) in [5.74, 6) is 2.04. The van der Waals surface area contributed by atoms with Crippen molar-refractivity contribution in [1.82, 2.24) is 15.7 Å². The second-order valence-electron chi connectivity index (χ2n) is 7.79. The quantitative estimate of drug-likeness (QED) is 0.508. The van der Waals surface area contributed by atoms with E-state index in [1.54, 1.807) is 0 Å². The number of thioether (sulfide) groups is 1. The Labute approximate surface area is 201 Å². The standard InChI is InChI=1S/C23H25ClN4O4S/c1-2-25-23(30)21-20(15-5-3-14(4-6-15)13-28-7-9-33-10-8-28)22(32-27-21)16-11-17(24)19(29)12-18(16)26-31/h3-6,11-12,21,27,29H,2,7-10,13H2,1H3,(H,25,30). The van der Waals surface area contributed by atoms with Crippen LogP contribution in [-0.4, -0.2) is 53.1 Å². The molecule has 1 atom stereocenters. The Hall–Kier alpha value is -2.59. The first-order valence-corrected chi connectivity index (χ1v) is 12.2. The highest BCUT2D eigenvalue weighted by Gasteiger charge is 2.36. The van der Waals surface area contributed by atoms with Gasteiger partial charge in [-0.25, -0.2) is 0 Å². The molecule has 1 saturated heterocycles. The van der Waals surface area contributed by atoms with Crippen molar-refractivity contribution in [3.8, 4) is 5.75 Å². The van der Waals surface area contributed by atoms with Crippen LogP contribution >= 0.6 is 23.4 Å². The van der Waals surface area contributed by atoms with Crippen molar-refractivity contribution in [3.63, 3.8) is 0 Å². The van der Waals surface area contributed by atoms with Gasteiger partial charge in [-0.2, -0.15) is 11.8 Å². The minimum Gasteiger partial charge on any atom is -0.506 e. The molecule has 2 heterocycles. The maximum absolute atomic E-state index is 12.8. The van der Waals surface area contributed by atoms with Gasteiger partial charge in [0.1, 0.15) is 11.4 Å². The fourth-order valence-corrected chi connectivity index (χ4v) is 5.08. The number of likely N-dealkylation sites (N-methyl/N-ethyl adjacent to an activating group) is 1. The molecule has 0 bridgehead atoms. The Morgan fingerprint density at radius 3 is 2.70 bits per heavy atom. The van der Waals surface area contributed by atoms with E-state index in [4.69, 9.17) is 16.4 Å². The van der Waals surface area contributed by atoms with Crippen molar-refractivity contribution in [1.29, 1.82) is 0 Å². The molecule has 0 saturated carbocycles. The Balaban J connectivity index is 1.73. The molecule has 3 N–H and O–H groups in total. The summed E-state index contributed by atoms with van der Waals surface area (Å²) in [5, 5.41) is 15.7. The Bertz CT molecular complexity index is 1070.